The fourth-order valence-corrected chi connectivity index (χ4v) is 3.68. The van der Waals surface area contributed by atoms with Crippen LogP contribution in [0.1, 0.15) is 40.9 Å². The SMILES string of the molecule is CCc1ccc(C(=O)[C@H](C)Sc2nnnn2-c2ccc(C)cc2C)cc1. The van der Waals surface area contributed by atoms with E-state index in [1.54, 1.807) is 4.68 Å². The van der Waals surface area contributed by atoms with Crippen molar-refractivity contribution < 1.29 is 4.79 Å². The highest BCUT2D eigenvalue weighted by Gasteiger charge is 2.21. The molecule has 0 unspecified atom stereocenters. The van der Waals surface area contributed by atoms with Crippen LogP contribution in [0.4, 0.5) is 0 Å². The number of tetrazole rings is 1. The summed E-state index contributed by atoms with van der Waals surface area (Å²) in [7, 11) is 0. The number of hydrogen-bond donors (Lipinski definition) is 0. The minimum absolute atomic E-state index is 0.0767. The van der Waals surface area contributed by atoms with Gasteiger partial charge in [-0.25, -0.2) is 0 Å². The summed E-state index contributed by atoms with van der Waals surface area (Å²) in [6.45, 7) is 8.07. The number of benzene rings is 2. The molecule has 0 fully saturated rings. The van der Waals surface area contributed by atoms with Gasteiger partial charge in [-0.2, -0.15) is 4.68 Å². The normalized spacial score (nSPS) is 12.2. The van der Waals surface area contributed by atoms with E-state index in [1.165, 1.54) is 22.9 Å². The van der Waals surface area contributed by atoms with Crippen molar-refractivity contribution in [3.63, 3.8) is 0 Å². The Labute approximate surface area is 157 Å². The molecular formula is C20H22N4OS. The molecule has 1 atom stereocenters. The minimum atomic E-state index is -0.280. The molecule has 0 saturated carbocycles. The molecule has 5 nitrogen and oxygen atoms in total. The highest BCUT2D eigenvalue weighted by atomic mass is 32.2. The molecule has 0 saturated heterocycles. The number of Topliss-reactive ketones (excluding diaryl/α,β-unsaturated/α-hetero) is 1. The lowest BCUT2D eigenvalue weighted by Gasteiger charge is -2.12. The van der Waals surface area contributed by atoms with Crippen LogP contribution in [-0.2, 0) is 6.42 Å². The fraction of sp³-hybridized carbons (Fsp3) is 0.300. The van der Waals surface area contributed by atoms with Gasteiger partial charge in [-0.1, -0.05) is 60.6 Å². The predicted molar refractivity (Wildman–Crippen MR) is 104 cm³/mol. The summed E-state index contributed by atoms with van der Waals surface area (Å²) in [5.74, 6) is 0.0767. The van der Waals surface area contributed by atoms with Gasteiger partial charge in [-0.3, -0.25) is 4.79 Å². The van der Waals surface area contributed by atoms with Gasteiger partial charge >= 0.3 is 0 Å². The molecule has 134 valence electrons. The molecule has 0 N–H and O–H groups in total. The predicted octanol–water partition coefficient (Wildman–Crippen LogP) is 4.21. The molecule has 1 aromatic heterocycles. The molecule has 3 rings (SSSR count). The Morgan fingerprint density at radius 3 is 2.54 bits per heavy atom. The number of hydrogen-bond acceptors (Lipinski definition) is 5. The van der Waals surface area contributed by atoms with Gasteiger partial charge in [0.25, 0.3) is 0 Å². The van der Waals surface area contributed by atoms with Crippen LogP contribution in [0, 0.1) is 13.8 Å². The maximum absolute atomic E-state index is 12.7. The molecular weight excluding hydrogens is 344 g/mol. The number of aryl methyl sites for hydroxylation is 3. The van der Waals surface area contributed by atoms with Crippen LogP contribution in [0.3, 0.4) is 0 Å². The average molecular weight is 366 g/mol. The van der Waals surface area contributed by atoms with Crippen LogP contribution in [0.5, 0.6) is 0 Å². The first-order valence-corrected chi connectivity index (χ1v) is 9.53. The molecule has 0 amide bonds. The van der Waals surface area contributed by atoms with E-state index in [1.807, 2.05) is 50.2 Å². The highest BCUT2D eigenvalue weighted by Crippen LogP contribution is 2.26. The smallest absolute Gasteiger partial charge is 0.214 e. The van der Waals surface area contributed by atoms with E-state index in [0.29, 0.717) is 10.7 Å². The van der Waals surface area contributed by atoms with Crippen molar-refractivity contribution in [1.29, 1.82) is 0 Å². The Morgan fingerprint density at radius 2 is 1.88 bits per heavy atom. The number of ketones is 1. The quantitative estimate of drug-likeness (QED) is 0.483. The number of carbonyl (C=O) groups excluding carboxylic acids is 1. The van der Waals surface area contributed by atoms with Crippen LogP contribution in [0.25, 0.3) is 5.69 Å². The zero-order valence-corrected chi connectivity index (χ0v) is 16.2. The van der Waals surface area contributed by atoms with Gasteiger partial charge in [0, 0.05) is 5.56 Å². The van der Waals surface area contributed by atoms with Crippen molar-refractivity contribution in [2.75, 3.05) is 0 Å². The Balaban J connectivity index is 1.80. The third-order valence-electron chi connectivity index (χ3n) is 4.32. The van der Waals surface area contributed by atoms with E-state index in [2.05, 4.69) is 35.4 Å². The maximum atomic E-state index is 12.7. The van der Waals surface area contributed by atoms with E-state index in [0.717, 1.165) is 17.7 Å². The van der Waals surface area contributed by atoms with Crippen molar-refractivity contribution in [2.24, 2.45) is 0 Å². The van der Waals surface area contributed by atoms with E-state index in [4.69, 9.17) is 0 Å². The molecule has 1 heterocycles. The molecule has 6 heteroatoms. The minimum Gasteiger partial charge on any atom is -0.293 e. The summed E-state index contributed by atoms with van der Waals surface area (Å²) >= 11 is 1.37. The van der Waals surface area contributed by atoms with Gasteiger partial charge < -0.3 is 0 Å². The molecule has 0 radical (unpaired) electrons. The molecule has 3 aromatic rings. The highest BCUT2D eigenvalue weighted by molar-refractivity contribution is 8.00. The third-order valence-corrected chi connectivity index (χ3v) is 5.35. The number of thioether (sulfide) groups is 1. The summed E-state index contributed by atoms with van der Waals surface area (Å²) < 4.78 is 1.70. The van der Waals surface area contributed by atoms with Gasteiger partial charge in [0.05, 0.1) is 10.9 Å². The summed E-state index contributed by atoms with van der Waals surface area (Å²) in [4.78, 5) is 12.7. The first-order chi connectivity index (χ1) is 12.5. The van der Waals surface area contributed by atoms with Gasteiger partial charge in [0.15, 0.2) is 5.78 Å². The molecule has 0 bridgehead atoms. The topological polar surface area (TPSA) is 60.7 Å². The Bertz CT molecular complexity index is 918. The van der Waals surface area contributed by atoms with Gasteiger partial charge in [0.2, 0.25) is 5.16 Å². The monoisotopic (exact) mass is 366 g/mol. The summed E-state index contributed by atoms with van der Waals surface area (Å²) in [5.41, 5.74) is 5.14. The number of nitrogens with zero attached hydrogens (tertiary/aromatic N) is 4. The Hall–Kier alpha value is -2.47. The third kappa shape index (κ3) is 3.85. The molecule has 2 aromatic carbocycles. The summed E-state index contributed by atoms with van der Waals surface area (Å²) in [5, 5.41) is 12.4. The second-order valence-corrected chi connectivity index (χ2v) is 7.65. The lowest BCUT2D eigenvalue weighted by atomic mass is 10.1. The summed E-state index contributed by atoms with van der Waals surface area (Å²) in [6, 6.07) is 13.9. The van der Waals surface area contributed by atoms with Crippen molar-refractivity contribution >= 4 is 17.5 Å². The largest absolute Gasteiger partial charge is 0.293 e. The van der Waals surface area contributed by atoms with E-state index in [-0.39, 0.29) is 11.0 Å². The first-order valence-electron chi connectivity index (χ1n) is 8.65. The zero-order valence-electron chi connectivity index (χ0n) is 15.4. The van der Waals surface area contributed by atoms with Crippen LogP contribution in [0.15, 0.2) is 47.6 Å². The maximum Gasteiger partial charge on any atom is 0.214 e. The molecule has 0 spiro atoms. The molecule has 0 aliphatic rings. The zero-order chi connectivity index (χ0) is 18.7. The molecule has 26 heavy (non-hydrogen) atoms. The lowest BCUT2D eigenvalue weighted by molar-refractivity contribution is 0.0994. The van der Waals surface area contributed by atoms with Gasteiger partial charge in [-0.15, -0.1) is 5.10 Å². The van der Waals surface area contributed by atoms with Crippen LogP contribution < -0.4 is 0 Å². The fourth-order valence-electron chi connectivity index (χ4n) is 2.80. The Kier molecular flexibility index (Phi) is 5.52. The van der Waals surface area contributed by atoms with E-state index in [9.17, 15) is 4.79 Å². The van der Waals surface area contributed by atoms with E-state index >= 15 is 0 Å². The van der Waals surface area contributed by atoms with Crippen molar-refractivity contribution in [1.82, 2.24) is 20.2 Å². The molecule has 0 aliphatic carbocycles. The van der Waals surface area contributed by atoms with Crippen molar-refractivity contribution in [2.45, 2.75) is 44.5 Å². The number of carbonyl (C=O) groups is 1. The standard InChI is InChI=1S/C20H22N4OS/c1-5-16-7-9-17(10-8-16)19(25)15(4)26-20-21-22-23-24(20)18-11-6-13(2)12-14(18)3/h6-12,15H,5H2,1-4H3/t15-/m0/s1. The van der Waals surface area contributed by atoms with E-state index < -0.39 is 0 Å². The van der Waals surface area contributed by atoms with Gasteiger partial charge in [0.1, 0.15) is 0 Å². The van der Waals surface area contributed by atoms with Crippen LogP contribution in [-0.4, -0.2) is 31.2 Å². The number of aromatic nitrogens is 4. The summed E-state index contributed by atoms with van der Waals surface area (Å²) in [6.07, 6.45) is 0.962. The lowest BCUT2D eigenvalue weighted by Crippen LogP contribution is -2.15. The average Bonchev–Trinajstić information content (AvgIpc) is 3.09. The van der Waals surface area contributed by atoms with Crippen LogP contribution in [0.2, 0.25) is 0 Å². The van der Waals surface area contributed by atoms with Crippen LogP contribution >= 0.6 is 11.8 Å². The van der Waals surface area contributed by atoms with Crippen molar-refractivity contribution in [3.8, 4) is 5.69 Å². The molecule has 0 aliphatic heterocycles. The van der Waals surface area contributed by atoms with Gasteiger partial charge in [-0.05, 0) is 54.8 Å². The second-order valence-electron chi connectivity index (χ2n) is 6.34. The van der Waals surface area contributed by atoms with Crippen molar-refractivity contribution in [3.05, 3.63) is 64.7 Å². The second kappa shape index (κ2) is 7.83. The first kappa shape index (κ1) is 18.3. The Morgan fingerprint density at radius 1 is 1.15 bits per heavy atom. The number of rotatable bonds is 6.